The smallest absolute Gasteiger partial charge is 0.232 e. The number of nitrogens with zero attached hydrogens (tertiary/aromatic N) is 5. The summed E-state index contributed by atoms with van der Waals surface area (Å²) in [5.74, 6) is 0.997. The maximum Gasteiger partial charge on any atom is 0.232 e. The van der Waals surface area contributed by atoms with E-state index in [1.165, 1.54) is 34.8 Å². The van der Waals surface area contributed by atoms with Crippen LogP contribution in [0.1, 0.15) is 23.6 Å². The lowest BCUT2D eigenvalue weighted by Crippen LogP contribution is -2.32. The van der Waals surface area contributed by atoms with Gasteiger partial charge in [-0.1, -0.05) is 18.2 Å². The molecule has 1 amide bonds. The average molecular weight is 458 g/mol. The Bertz CT molecular complexity index is 1310. The number of rotatable bonds is 5. The normalized spacial score (nSPS) is 12.8. The Kier molecular flexibility index (Phi) is 5.70. The molecule has 0 saturated heterocycles. The molecule has 0 spiro atoms. The molecule has 2 aromatic carbocycles. The maximum atomic E-state index is 11.4. The Morgan fingerprint density at radius 2 is 2.00 bits per heavy atom. The number of carbonyl (C=O) groups is 1. The summed E-state index contributed by atoms with van der Waals surface area (Å²) in [4.78, 5) is 32.4. The van der Waals surface area contributed by atoms with Crippen LogP contribution in [0.2, 0.25) is 0 Å². The minimum Gasteiger partial charge on any atom is -0.336 e. The van der Waals surface area contributed by atoms with Crippen molar-refractivity contribution >= 4 is 40.5 Å². The van der Waals surface area contributed by atoms with Crippen LogP contribution >= 0.6 is 11.3 Å². The maximum absolute atomic E-state index is 11.4. The fraction of sp³-hybridized carbons (Fsp3) is 0.208. The number of benzene rings is 2. The quantitative estimate of drug-likeness (QED) is 0.453. The Balaban J connectivity index is 1.34. The fourth-order valence-electron chi connectivity index (χ4n) is 3.95. The minimum absolute atomic E-state index is 0.109. The highest BCUT2D eigenvalue weighted by Gasteiger charge is 2.20. The van der Waals surface area contributed by atoms with Crippen molar-refractivity contribution in [1.82, 2.24) is 19.9 Å². The number of carbonyl (C=O) groups excluding carboxylic acids is 1. The van der Waals surface area contributed by atoms with Crippen molar-refractivity contribution in [2.24, 2.45) is 0 Å². The Morgan fingerprint density at radius 3 is 2.82 bits per heavy atom. The number of aromatic nitrogens is 4. The molecular formula is C24H23N7OS. The van der Waals surface area contributed by atoms with Gasteiger partial charge in [-0.3, -0.25) is 9.78 Å². The van der Waals surface area contributed by atoms with Crippen LogP contribution in [-0.4, -0.2) is 32.4 Å². The third-order valence-corrected chi connectivity index (χ3v) is 6.49. The van der Waals surface area contributed by atoms with Crippen LogP contribution in [0.3, 0.4) is 0 Å². The number of amides is 1. The highest BCUT2D eigenvalue weighted by molar-refractivity contribution is 7.13. The Labute approximate surface area is 195 Å². The summed E-state index contributed by atoms with van der Waals surface area (Å²) in [6, 6.07) is 12.3. The molecule has 0 aliphatic carbocycles. The highest BCUT2D eigenvalue weighted by Crippen LogP contribution is 2.30. The minimum atomic E-state index is -0.109. The fourth-order valence-corrected chi connectivity index (χ4v) is 4.57. The molecule has 0 radical (unpaired) electrons. The Morgan fingerprint density at radius 1 is 1.12 bits per heavy atom. The summed E-state index contributed by atoms with van der Waals surface area (Å²) in [6.45, 7) is 5.02. The first-order valence-corrected chi connectivity index (χ1v) is 11.5. The molecule has 9 heteroatoms. The number of fused-ring (bicyclic) bond motifs is 1. The van der Waals surface area contributed by atoms with E-state index >= 15 is 0 Å². The first kappa shape index (κ1) is 21.0. The van der Waals surface area contributed by atoms with Gasteiger partial charge < -0.3 is 15.5 Å². The average Bonchev–Trinajstić information content (AvgIpc) is 3.36. The summed E-state index contributed by atoms with van der Waals surface area (Å²) in [7, 11) is 0. The summed E-state index contributed by atoms with van der Waals surface area (Å²) < 4.78 is 0. The lowest BCUT2D eigenvalue weighted by Gasteiger charge is -2.29. The molecule has 3 heterocycles. The molecule has 0 saturated carbocycles. The van der Waals surface area contributed by atoms with E-state index in [0.29, 0.717) is 11.9 Å². The molecule has 0 fully saturated rings. The highest BCUT2D eigenvalue weighted by atomic mass is 32.1. The van der Waals surface area contributed by atoms with E-state index < -0.39 is 0 Å². The van der Waals surface area contributed by atoms with Gasteiger partial charge in [-0.05, 0) is 53.8 Å². The van der Waals surface area contributed by atoms with Crippen LogP contribution in [0, 0.1) is 6.92 Å². The summed E-state index contributed by atoms with van der Waals surface area (Å²) in [5.41, 5.74) is 8.22. The summed E-state index contributed by atoms with van der Waals surface area (Å²) in [5, 5.41) is 6.10. The molecule has 1 aliphatic heterocycles. The van der Waals surface area contributed by atoms with Crippen molar-refractivity contribution in [3.8, 4) is 10.4 Å². The first-order valence-electron chi connectivity index (χ1n) is 10.7. The second kappa shape index (κ2) is 8.95. The second-order valence-electron chi connectivity index (χ2n) is 7.91. The van der Waals surface area contributed by atoms with Gasteiger partial charge in [0.15, 0.2) is 0 Å². The first-order chi connectivity index (χ1) is 16.1. The second-order valence-corrected chi connectivity index (χ2v) is 8.80. The van der Waals surface area contributed by atoms with Crippen molar-refractivity contribution in [3.05, 3.63) is 71.1 Å². The lowest BCUT2D eigenvalue weighted by atomic mass is 9.97. The molecule has 2 aromatic heterocycles. The van der Waals surface area contributed by atoms with Gasteiger partial charge in [-0.2, -0.15) is 4.98 Å². The molecule has 0 atom stereocenters. The zero-order valence-corrected chi connectivity index (χ0v) is 19.2. The number of hydrogen-bond acceptors (Lipinski definition) is 8. The number of thiazole rings is 1. The van der Waals surface area contributed by atoms with Crippen LogP contribution < -0.4 is 15.5 Å². The summed E-state index contributed by atoms with van der Waals surface area (Å²) >= 11 is 1.65. The molecule has 0 bridgehead atoms. The van der Waals surface area contributed by atoms with Crippen molar-refractivity contribution in [1.29, 1.82) is 0 Å². The van der Waals surface area contributed by atoms with Crippen molar-refractivity contribution in [2.75, 3.05) is 22.1 Å². The van der Waals surface area contributed by atoms with Gasteiger partial charge in [0.1, 0.15) is 6.33 Å². The summed E-state index contributed by atoms with van der Waals surface area (Å²) in [6.07, 6.45) is 4.36. The van der Waals surface area contributed by atoms with Gasteiger partial charge in [0, 0.05) is 37.6 Å². The molecule has 1 aliphatic rings. The van der Waals surface area contributed by atoms with Crippen LogP contribution in [-0.2, 0) is 17.8 Å². The van der Waals surface area contributed by atoms with E-state index in [2.05, 4.69) is 53.7 Å². The van der Waals surface area contributed by atoms with Crippen LogP contribution in [0.4, 0.5) is 23.3 Å². The van der Waals surface area contributed by atoms with E-state index in [9.17, 15) is 4.79 Å². The van der Waals surface area contributed by atoms with Crippen LogP contribution in [0.25, 0.3) is 10.4 Å². The topological polar surface area (TPSA) is 95.9 Å². The van der Waals surface area contributed by atoms with E-state index in [1.807, 2.05) is 36.8 Å². The standard InChI is InChI=1S/C24H23N7OS/c1-15-20(28-16(2)32)4-3-5-21(15)29-23-26-13-27-24(30-23)31-9-8-17-10-18(6-7-19(17)12-31)22-11-25-14-33-22/h3-7,10-11,13-14H,8-9,12H2,1-2H3,(H,28,32)(H,26,27,29,30). The number of hydrogen-bond donors (Lipinski definition) is 2. The number of anilines is 4. The third kappa shape index (κ3) is 4.54. The molecule has 8 nitrogen and oxygen atoms in total. The largest absolute Gasteiger partial charge is 0.336 e. The van der Waals surface area contributed by atoms with Gasteiger partial charge in [0.25, 0.3) is 0 Å². The van der Waals surface area contributed by atoms with E-state index in [-0.39, 0.29) is 5.91 Å². The number of nitrogens with one attached hydrogen (secondary N) is 2. The van der Waals surface area contributed by atoms with Crippen LogP contribution in [0.5, 0.6) is 0 Å². The van der Waals surface area contributed by atoms with E-state index in [0.717, 1.165) is 36.4 Å². The third-order valence-electron chi connectivity index (χ3n) is 5.67. The van der Waals surface area contributed by atoms with E-state index in [4.69, 9.17) is 0 Å². The van der Waals surface area contributed by atoms with Gasteiger partial charge in [-0.25, -0.2) is 9.97 Å². The van der Waals surface area contributed by atoms with Crippen molar-refractivity contribution < 1.29 is 4.79 Å². The van der Waals surface area contributed by atoms with E-state index in [1.54, 1.807) is 11.3 Å². The zero-order chi connectivity index (χ0) is 22.8. The van der Waals surface area contributed by atoms with Gasteiger partial charge >= 0.3 is 0 Å². The predicted octanol–water partition coefficient (Wildman–Crippen LogP) is 4.57. The van der Waals surface area contributed by atoms with Crippen molar-refractivity contribution in [3.63, 3.8) is 0 Å². The lowest BCUT2D eigenvalue weighted by molar-refractivity contribution is -0.114. The predicted molar refractivity (Wildman–Crippen MR) is 131 cm³/mol. The molecule has 2 N–H and O–H groups in total. The van der Waals surface area contributed by atoms with Crippen LogP contribution in [0.15, 0.2) is 54.4 Å². The van der Waals surface area contributed by atoms with Crippen molar-refractivity contribution in [2.45, 2.75) is 26.8 Å². The van der Waals surface area contributed by atoms with Gasteiger partial charge in [-0.15, -0.1) is 11.3 Å². The monoisotopic (exact) mass is 457 g/mol. The molecule has 4 aromatic rings. The Hall–Kier alpha value is -3.85. The molecule has 33 heavy (non-hydrogen) atoms. The molecule has 5 rings (SSSR count). The zero-order valence-electron chi connectivity index (χ0n) is 18.4. The molecule has 0 unspecified atom stereocenters. The van der Waals surface area contributed by atoms with Gasteiger partial charge in [0.05, 0.1) is 10.4 Å². The molecule has 166 valence electrons. The van der Waals surface area contributed by atoms with Gasteiger partial charge in [0.2, 0.25) is 17.8 Å². The SMILES string of the molecule is CC(=O)Nc1cccc(Nc2ncnc(N3CCc4cc(-c5cncs5)ccc4C3)n2)c1C. The molecular weight excluding hydrogens is 434 g/mol.